The predicted octanol–water partition coefficient (Wildman–Crippen LogP) is 3.15. The van der Waals surface area contributed by atoms with Crippen LogP contribution < -0.4 is 5.32 Å². The summed E-state index contributed by atoms with van der Waals surface area (Å²) in [5.41, 5.74) is 1.57. The number of nitrogens with one attached hydrogen (secondary N) is 1. The minimum Gasteiger partial charge on any atom is -0.507 e. The lowest BCUT2D eigenvalue weighted by Gasteiger charge is -2.08. The maximum absolute atomic E-state index is 11.8. The Morgan fingerprint density at radius 2 is 2.00 bits per heavy atom. The summed E-state index contributed by atoms with van der Waals surface area (Å²) >= 11 is 5.68. The molecule has 114 valence electrons. The number of ether oxygens (including phenoxy) is 1. The largest absolute Gasteiger partial charge is 0.507 e. The highest BCUT2D eigenvalue weighted by Crippen LogP contribution is 2.22. The number of anilines is 1. The van der Waals surface area contributed by atoms with Gasteiger partial charge in [-0.1, -0.05) is 23.7 Å². The van der Waals surface area contributed by atoms with E-state index < -0.39 is 18.5 Å². The third-order valence-corrected chi connectivity index (χ3v) is 3.05. The van der Waals surface area contributed by atoms with Crippen LogP contribution in [0.5, 0.6) is 5.75 Å². The van der Waals surface area contributed by atoms with Crippen LogP contribution in [0.3, 0.4) is 0 Å². The van der Waals surface area contributed by atoms with Crippen LogP contribution in [0.25, 0.3) is 0 Å². The summed E-state index contributed by atoms with van der Waals surface area (Å²) in [6, 6.07) is 11.2. The number of carbonyl (C=O) groups is 2. The Labute approximate surface area is 132 Å². The minimum atomic E-state index is -0.798. The van der Waals surface area contributed by atoms with Gasteiger partial charge >= 0.3 is 5.97 Å². The molecule has 0 aliphatic heterocycles. The molecule has 0 saturated carbocycles. The van der Waals surface area contributed by atoms with E-state index in [9.17, 15) is 14.7 Å². The van der Waals surface area contributed by atoms with E-state index in [0.717, 1.165) is 5.56 Å². The average molecular weight is 320 g/mol. The predicted molar refractivity (Wildman–Crippen MR) is 83.2 cm³/mol. The number of phenolic OH excluding ortho intramolecular Hbond substituents is 1. The second-order valence-electron chi connectivity index (χ2n) is 4.66. The van der Waals surface area contributed by atoms with Crippen LogP contribution in [-0.2, 0) is 9.53 Å². The monoisotopic (exact) mass is 319 g/mol. The van der Waals surface area contributed by atoms with Crippen LogP contribution in [0.2, 0.25) is 5.02 Å². The lowest BCUT2D eigenvalue weighted by Crippen LogP contribution is -2.21. The molecule has 0 atom stereocenters. The first-order chi connectivity index (χ1) is 10.5. The van der Waals surface area contributed by atoms with Gasteiger partial charge in [-0.2, -0.15) is 0 Å². The van der Waals surface area contributed by atoms with E-state index in [2.05, 4.69) is 5.32 Å². The number of hydrogen-bond acceptors (Lipinski definition) is 4. The Kier molecular flexibility index (Phi) is 5.01. The van der Waals surface area contributed by atoms with Crippen molar-refractivity contribution in [3.63, 3.8) is 0 Å². The summed E-state index contributed by atoms with van der Waals surface area (Å²) in [5.74, 6) is -1.56. The van der Waals surface area contributed by atoms with E-state index in [0.29, 0.717) is 10.7 Å². The molecule has 22 heavy (non-hydrogen) atoms. The summed E-state index contributed by atoms with van der Waals surface area (Å²) in [6.07, 6.45) is 0. The molecular weight excluding hydrogens is 306 g/mol. The number of benzene rings is 2. The molecule has 0 aromatic heterocycles. The molecule has 0 saturated heterocycles. The van der Waals surface area contributed by atoms with Crippen molar-refractivity contribution >= 4 is 29.2 Å². The fourth-order valence-electron chi connectivity index (χ4n) is 1.81. The summed E-state index contributed by atoms with van der Waals surface area (Å²) in [4.78, 5) is 23.5. The molecule has 1 amide bonds. The molecule has 0 unspecified atom stereocenters. The zero-order chi connectivity index (χ0) is 16.1. The van der Waals surface area contributed by atoms with E-state index in [1.165, 1.54) is 18.2 Å². The molecular formula is C16H14ClNO4. The van der Waals surface area contributed by atoms with Gasteiger partial charge in [-0.05, 0) is 42.8 Å². The van der Waals surface area contributed by atoms with E-state index in [1.807, 2.05) is 19.1 Å². The van der Waals surface area contributed by atoms with E-state index in [-0.39, 0.29) is 11.3 Å². The van der Waals surface area contributed by atoms with Crippen molar-refractivity contribution < 1.29 is 19.4 Å². The topological polar surface area (TPSA) is 75.6 Å². The van der Waals surface area contributed by atoms with Gasteiger partial charge in [0.15, 0.2) is 6.61 Å². The van der Waals surface area contributed by atoms with Crippen molar-refractivity contribution in [3.8, 4) is 5.75 Å². The molecule has 2 aromatic carbocycles. The van der Waals surface area contributed by atoms with Crippen LogP contribution in [0.4, 0.5) is 5.69 Å². The molecule has 2 N–H and O–H groups in total. The number of halogens is 1. The SMILES string of the molecule is Cc1cccc(NC(=O)COC(=O)c2ccc(Cl)cc2O)c1. The first-order valence-electron chi connectivity index (χ1n) is 6.48. The number of aryl methyl sites for hydroxylation is 1. The number of amides is 1. The van der Waals surface area contributed by atoms with Gasteiger partial charge in [-0.25, -0.2) is 4.79 Å². The van der Waals surface area contributed by atoms with Crippen molar-refractivity contribution in [1.82, 2.24) is 0 Å². The van der Waals surface area contributed by atoms with E-state index in [4.69, 9.17) is 16.3 Å². The highest BCUT2D eigenvalue weighted by Gasteiger charge is 2.14. The van der Waals surface area contributed by atoms with E-state index >= 15 is 0 Å². The van der Waals surface area contributed by atoms with Crippen molar-refractivity contribution in [1.29, 1.82) is 0 Å². The molecule has 0 radical (unpaired) electrons. The molecule has 0 spiro atoms. The van der Waals surface area contributed by atoms with Crippen molar-refractivity contribution in [3.05, 3.63) is 58.6 Å². The van der Waals surface area contributed by atoms with Crippen molar-refractivity contribution in [2.45, 2.75) is 6.92 Å². The summed E-state index contributed by atoms with van der Waals surface area (Å²) in [6.45, 7) is 1.45. The van der Waals surface area contributed by atoms with Crippen molar-refractivity contribution in [2.24, 2.45) is 0 Å². The number of hydrogen-bond donors (Lipinski definition) is 2. The van der Waals surface area contributed by atoms with Gasteiger partial charge in [-0.3, -0.25) is 4.79 Å². The molecule has 6 heteroatoms. The van der Waals surface area contributed by atoms with Gasteiger partial charge in [0.25, 0.3) is 5.91 Å². The first kappa shape index (κ1) is 15.9. The minimum absolute atomic E-state index is 0.0484. The van der Waals surface area contributed by atoms with Crippen LogP contribution in [0.1, 0.15) is 15.9 Å². The van der Waals surface area contributed by atoms with Gasteiger partial charge in [0.1, 0.15) is 11.3 Å². The Balaban J connectivity index is 1.92. The van der Waals surface area contributed by atoms with Gasteiger partial charge in [0, 0.05) is 10.7 Å². The summed E-state index contributed by atoms with van der Waals surface area (Å²) < 4.78 is 4.86. The van der Waals surface area contributed by atoms with Gasteiger partial charge in [0.05, 0.1) is 0 Å². The fourth-order valence-corrected chi connectivity index (χ4v) is 1.97. The summed E-state index contributed by atoms with van der Waals surface area (Å²) in [7, 11) is 0. The number of rotatable bonds is 4. The van der Waals surface area contributed by atoms with Crippen LogP contribution >= 0.6 is 11.6 Å². The first-order valence-corrected chi connectivity index (χ1v) is 6.85. The molecule has 0 heterocycles. The Morgan fingerprint density at radius 1 is 1.23 bits per heavy atom. The maximum Gasteiger partial charge on any atom is 0.342 e. The molecule has 0 aliphatic carbocycles. The van der Waals surface area contributed by atoms with Crippen LogP contribution in [0.15, 0.2) is 42.5 Å². The Morgan fingerprint density at radius 3 is 2.68 bits per heavy atom. The third-order valence-electron chi connectivity index (χ3n) is 2.82. The molecule has 5 nitrogen and oxygen atoms in total. The van der Waals surface area contributed by atoms with Crippen LogP contribution in [-0.4, -0.2) is 23.6 Å². The normalized spacial score (nSPS) is 10.1. The van der Waals surface area contributed by atoms with Crippen LogP contribution in [0, 0.1) is 6.92 Å². The smallest absolute Gasteiger partial charge is 0.342 e. The highest BCUT2D eigenvalue weighted by atomic mass is 35.5. The van der Waals surface area contributed by atoms with E-state index in [1.54, 1.807) is 12.1 Å². The zero-order valence-electron chi connectivity index (χ0n) is 11.8. The highest BCUT2D eigenvalue weighted by molar-refractivity contribution is 6.30. The second-order valence-corrected chi connectivity index (χ2v) is 5.09. The number of aromatic hydroxyl groups is 1. The molecule has 0 aliphatic rings. The Bertz CT molecular complexity index is 715. The molecule has 0 bridgehead atoms. The number of esters is 1. The average Bonchev–Trinajstić information content (AvgIpc) is 2.45. The Hall–Kier alpha value is -2.53. The zero-order valence-corrected chi connectivity index (χ0v) is 12.6. The quantitative estimate of drug-likeness (QED) is 0.849. The fraction of sp³-hybridized carbons (Fsp3) is 0.125. The van der Waals surface area contributed by atoms with Gasteiger partial charge < -0.3 is 15.2 Å². The molecule has 2 rings (SSSR count). The standard InChI is InChI=1S/C16H14ClNO4/c1-10-3-2-4-12(7-10)18-15(20)9-22-16(21)13-6-5-11(17)8-14(13)19/h2-8,19H,9H2,1H3,(H,18,20). The number of phenols is 1. The lowest BCUT2D eigenvalue weighted by molar-refractivity contribution is -0.119. The van der Waals surface area contributed by atoms with Crippen molar-refractivity contribution in [2.75, 3.05) is 11.9 Å². The van der Waals surface area contributed by atoms with Gasteiger partial charge in [-0.15, -0.1) is 0 Å². The molecule has 2 aromatic rings. The summed E-state index contributed by atoms with van der Waals surface area (Å²) in [5, 5.41) is 12.5. The second kappa shape index (κ2) is 6.95. The maximum atomic E-state index is 11.8. The number of carbonyl (C=O) groups excluding carboxylic acids is 2. The lowest BCUT2D eigenvalue weighted by atomic mass is 10.2. The molecule has 0 fully saturated rings. The third kappa shape index (κ3) is 4.23. The van der Waals surface area contributed by atoms with Gasteiger partial charge in [0.2, 0.25) is 0 Å².